The monoisotopic (exact) mass is 392 g/mol. The molecule has 0 aliphatic carbocycles. The Morgan fingerprint density at radius 3 is 2.29 bits per heavy atom. The molecule has 0 radical (unpaired) electrons. The highest BCUT2D eigenvalue weighted by molar-refractivity contribution is 5.89. The molecule has 150 valence electrons. The predicted octanol–water partition coefficient (Wildman–Crippen LogP) is 3.82. The van der Waals surface area contributed by atoms with Crippen molar-refractivity contribution in [3.8, 4) is 0 Å². The molecule has 5 nitrogen and oxygen atoms in total. The number of benzene rings is 2. The number of hydrogen-bond acceptors (Lipinski definition) is 5. The van der Waals surface area contributed by atoms with Gasteiger partial charge in [0.2, 0.25) is 6.29 Å². The minimum Gasteiger partial charge on any atom is -0.453 e. The number of methoxy groups -OCH3 is 1. The van der Waals surface area contributed by atoms with Gasteiger partial charge in [-0.1, -0.05) is 48.5 Å². The molecule has 0 saturated carbocycles. The van der Waals surface area contributed by atoms with Gasteiger partial charge in [0.05, 0.1) is 18.3 Å². The number of carbonyl (C=O) groups excluding carboxylic acids is 1. The minimum atomic E-state index is -3.52. The second-order valence-corrected chi connectivity index (χ2v) is 6.54. The van der Waals surface area contributed by atoms with Crippen LogP contribution in [-0.2, 0) is 25.6 Å². The normalized spacial score (nSPS) is 26.6. The van der Waals surface area contributed by atoms with Crippen molar-refractivity contribution in [2.45, 2.75) is 44.1 Å². The van der Waals surface area contributed by atoms with E-state index in [9.17, 15) is 13.6 Å². The van der Waals surface area contributed by atoms with E-state index in [1.807, 2.05) is 6.07 Å². The number of ether oxygens (including phenoxy) is 4. The van der Waals surface area contributed by atoms with Crippen molar-refractivity contribution in [3.05, 3.63) is 71.8 Å². The summed E-state index contributed by atoms with van der Waals surface area (Å²) in [6.45, 7) is 1.50. The van der Waals surface area contributed by atoms with Gasteiger partial charge in [0.1, 0.15) is 0 Å². The molecule has 0 unspecified atom stereocenters. The minimum absolute atomic E-state index is 0.0429. The van der Waals surface area contributed by atoms with Crippen LogP contribution in [0.15, 0.2) is 60.7 Å². The molecule has 0 spiro atoms. The fraction of sp³-hybridized carbons (Fsp3) is 0.381. The maximum atomic E-state index is 14.9. The van der Waals surface area contributed by atoms with E-state index in [0.717, 1.165) is 12.7 Å². The number of rotatable bonds is 6. The summed E-state index contributed by atoms with van der Waals surface area (Å²) in [5.74, 6) is -4.24. The largest absolute Gasteiger partial charge is 0.453 e. The van der Waals surface area contributed by atoms with Crippen molar-refractivity contribution < 1.29 is 32.5 Å². The Morgan fingerprint density at radius 2 is 1.68 bits per heavy atom. The number of halogens is 2. The Kier molecular flexibility index (Phi) is 6.39. The molecular formula is C21H22F2O5. The lowest BCUT2D eigenvalue weighted by molar-refractivity contribution is -0.356. The molecule has 0 bridgehead atoms. The van der Waals surface area contributed by atoms with Crippen molar-refractivity contribution in [1.82, 2.24) is 0 Å². The summed E-state index contributed by atoms with van der Waals surface area (Å²) in [6.07, 6.45) is -5.66. The van der Waals surface area contributed by atoms with Crippen LogP contribution in [0.25, 0.3) is 0 Å². The van der Waals surface area contributed by atoms with Crippen molar-refractivity contribution >= 4 is 5.97 Å². The first-order valence-electron chi connectivity index (χ1n) is 8.91. The van der Waals surface area contributed by atoms with E-state index in [4.69, 9.17) is 18.9 Å². The van der Waals surface area contributed by atoms with E-state index in [1.54, 1.807) is 61.5 Å². The van der Waals surface area contributed by atoms with Crippen LogP contribution in [0.5, 0.6) is 0 Å². The van der Waals surface area contributed by atoms with E-state index in [2.05, 4.69) is 0 Å². The van der Waals surface area contributed by atoms with E-state index in [0.29, 0.717) is 0 Å². The molecule has 0 amide bonds. The molecule has 1 heterocycles. The van der Waals surface area contributed by atoms with Crippen LogP contribution in [0.1, 0.15) is 22.8 Å². The molecule has 28 heavy (non-hydrogen) atoms. The van der Waals surface area contributed by atoms with E-state index < -0.39 is 36.5 Å². The van der Waals surface area contributed by atoms with Gasteiger partial charge in [-0.05, 0) is 24.6 Å². The molecule has 1 aliphatic heterocycles. The zero-order valence-electron chi connectivity index (χ0n) is 15.6. The average Bonchev–Trinajstić information content (AvgIpc) is 2.71. The average molecular weight is 392 g/mol. The van der Waals surface area contributed by atoms with Crippen LogP contribution in [0.3, 0.4) is 0 Å². The number of esters is 1. The lowest BCUT2D eigenvalue weighted by Gasteiger charge is -2.43. The summed E-state index contributed by atoms with van der Waals surface area (Å²) < 4.78 is 50.9. The SMILES string of the molecule is CO[C@@H]1[C@@H](OC(=O)c2ccccc2)[C@H](C)O[C@@H](OCc2ccccc2)C1(F)F. The van der Waals surface area contributed by atoms with Gasteiger partial charge in [0.25, 0.3) is 0 Å². The summed E-state index contributed by atoms with van der Waals surface area (Å²) in [4.78, 5) is 12.3. The number of hydrogen-bond donors (Lipinski definition) is 0. The first kappa shape index (κ1) is 20.4. The van der Waals surface area contributed by atoms with Gasteiger partial charge in [0, 0.05) is 7.11 Å². The quantitative estimate of drug-likeness (QED) is 0.700. The summed E-state index contributed by atoms with van der Waals surface area (Å²) in [7, 11) is 1.15. The van der Waals surface area contributed by atoms with E-state index in [1.165, 1.54) is 0 Å². The van der Waals surface area contributed by atoms with Gasteiger partial charge in [-0.25, -0.2) is 4.79 Å². The third kappa shape index (κ3) is 4.38. The molecular weight excluding hydrogens is 370 g/mol. The second-order valence-electron chi connectivity index (χ2n) is 6.54. The van der Waals surface area contributed by atoms with Gasteiger partial charge >= 0.3 is 11.9 Å². The molecule has 1 fully saturated rings. The lowest BCUT2D eigenvalue weighted by atomic mass is 9.98. The second kappa shape index (κ2) is 8.77. The summed E-state index contributed by atoms with van der Waals surface area (Å²) >= 11 is 0. The zero-order chi connectivity index (χ0) is 20.1. The topological polar surface area (TPSA) is 54.0 Å². The Balaban J connectivity index is 1.72. The fourth-order valence-corrected chi connectivity index (χ4v) is 3.07. The van der Waals surface area contributed by atoms with Crippen molar-refractivity contribution in [2.75, 3.05) is 7.11 Å². The van der Waals surface area contributed by atoms with Gasteiger partial charge in [-0.15, -0.1) is 0 Å². The smallest absolute Gasteiger partial charge is 0.338 e. The van der Waals surface area contributed by atoms with Crippen LogP contribution >= 0.6 is 0 Å². The molecule has 0 N–H and O–H groups in total. The Hall–Kier alpha value is -2.35. The third-order valence-corrected chi connectivity index (χ3v) is 4.54. The molecule has 4 atom stereocenters. The summed E-state index contributed by atoms with van der Waals surface area (Å²) in [6, 6.07) is 17.1. The molecule has 7 heteroatoms. The van der Waals surface area contributed by atoms with Gasteiger partial charge in [0.15, 0.2) is 12.2 Å². The molecule has 1 aliphatic rings. The molecule has 3 rings (SSSR count). The van der Waals surface area contributed by atoms with Crippen molar-refractivity contribution in [3.63, 3.8) is 0 Å². The van der Waals surface area contributed by atoms with Crippen LogP contribution in [0, 0.1) is 0 Å². The van der Waals surface area contributed by atoms with Crippen LogP contribution in [0.4, 0.5) is 8.78 Å². The first-order valence-corrected chi connectivity index (χ1v) is 8.91. The standard InChI is InChI=1S/C21H22F2O5/c1-14-17(28-19(24)16-11-7-4-8-12-16)18(25-2)21(22,23)20(27-14)26-13-15-9-5-3-6-10-15/h3-12,14,17-18,20H,13H2,1-2H3/t14-,17-,18+,20+/m0/s1. The maximum absolute atomic E-state index is 14.9. The Bertz CT molecular complexity index is 769. The van der Waals surface area contributed by atoms with Crippen LogP contribution in [-0.4, -0.2) is 43.6 Å². The highest BCUT2D eigenvalue weighted by atomic mass is 19.3. The van der Waals surface area contributed by atoms with Gasteiger partial charge < -0.3 is 18.9 Å². The third-order valence-electron chi connectivity index (χ3n) is 4.54. The molecule has 2 aromatic carbocycles. The summed E-state index contributed by atoms with van der Waals surface area (Å²) in [5, 5.41) is 0. The van der Waals surface area contributed by atoms with Crippen LogP contribution in [0.2, 0.25) is 0 Å². The Labute approximate surface area is 162 Å². The highest BCUT2D eigenvalue weighted by Crippen LogP contribution is 2.38. The predicted molar refractivity (Wildman–Crippen MR) is 97.0 cm³/mol. The molecule has 0 aromatic heterocycles. The lowest BCUT2D eigenvalue weighted by Crippen LogP contribution is -2.63. The van der Waals surface area contributed by atoms with Crippen molar-refractivity contribution in [1.29, 1.82) is 0 Å². The molecule has 2 aromatic rings. The van der Waals surface area contributed by atoms with E-state index in [-0.39, 0.29) is 12.2 Å². The van der Waals surface area contributed by atoms with E-state index >= 15 is 0 Å². The number of alkyl halides is 2. The Morgan fingerprint density at radius 1 is 1.07 bits per heavy atom. The highest BCUT2D eigenvalue weighted by Gasteiger charge is 2.60. The summed E-state index contributed by atoms with van der Waals surface area (Å²) in [5.41, 5.74) is 0.997. The first-order chi connectivity index (χ1) is 13.4. The zero-order valence-corrected chi connectivity index (χ0v) is 15.6. The molecule has 1 saturated heterocycles. The van der Waals surface area contributed by atoms with Crippen LogP contribution < -0.4 is 0 Å². The maximum Gasteiger partial charge on any atom is 0.338 e. The van der Waals surface area contributed by atoms with Crippen molar-refractivity contribution in [2.24, 2.45) is 0 Å². The fourth-order valence-electron chi connectivity index (χ4n) is 3.07. The van der Waals surface area contributed by atoms with Gasteiger partial charge in [-0.3, -0.25) is 0 Å². The van der Waals surface area contributed by atoms with Gasteiger partial charge in [-0.2, -0.15) is 8.78 Å². The number of carbonyl (C=O) groups is 1.